The molecule has 0 amide bonds. The van der Waals surface area contributed by atoms with E-state index in [2.05, 4.69) is 196 Å². The van der Waals surface area contributed by atoms with Crippen LogP contribution in [0.25, 0.3) is 108 Å². The van der Waals surface area contributed by atoms with Crippen molar-refractivity contribution in [1.29, 1.82) is 0 Å². The molecule has 0 saturated carbocycles. The van der Waals surface area contributed by atoms with Gasteiger partial charge in [0.05, 0.1) is 0 Å². The second kappa shape index (κ2) is 11.7. The SMILES string of the molecule is CC1(C)c2cc(-c3ccc(-c4c5ccccc5c(-c5ccc6ccccc6c5)c5ccccc45)cc3)ccc2-c2c1c1ccccc1c1sc3ccccc3c21. The second-order valence-corrected chi connectivity index (χ2v) is 17.0. The third-order valence-corrected chi connectivity index (χ3v) is 13.8. The molecular weight excluding hydrogens is 693 g/mol. The number of benzene rings is 10. The van der Waals surface area contributed by atoms with E-state index in [1.165, 1.54) is 119 Å². The molecular formula is C55H36S. The standard InChI is InChI=1S/C55H36S/c1-55(2)47-32-37(29-30-45(47)51-52-46-21-11-12-22-48(46)56-54(52)44-20-10-9-19-43(44)53(51)55)34-23-26-35(27-24-34)49-39-15-5-7-17-41(39)50(42-18-8-6-16-40(42)49)38-28-25-33-13-3-4-14-36(33)31-38/h3-32H,1-2H3. The summed E-state index contributed by atoms with van der Waals surface area (Å²) in [5, 5.41) is 13.2. The van der Waals surface area contributed by atoms with Crippen LogP contribution < -0.4 is 0 Å². The van der Waals surface area contributed by atoms with Crippen LogP contribution in [0.2, 0.25) is 0 Å². The van der Waals surface area contributed by atoms with E-state index in [9.17, 15) is 0 Å². The van der Waals surface area contributed by atoms with Gasteiger partial charge in [0, 0.05) is 25.6 Å². The number of hydrogen-bond donors (Lipinski definition) is 0. The maximum absolute atomic E-state index is 2.47. The molecule has 0 aliphatic heterocycles. The van der Waals surface area contributed by atoms with Gasteiger partial charge < -0.3 is 0 Å². The topological polar surface area (TPSA) is 0 Å². The first kappa shape index (κ1) is 31.8. The molecule has 0 unspecified atom stereocenters. The maximum atomic E-state index is 2.47. The Bertz CT molecular complexity index is 3370. The highest BCUT2D eigenvalue weighted by Crippen LogP contribution is 2.57. The molecule has 11 aromatic rings. The zero-order valence-corrected chi connectivity index (χ0v) is 32.0. The molecule has 0 nitrogen and oxygen atoms in total. The molecule has 12 rings (SSSR count). The van der Waals surface area contributed by atoms with Crippen LogP contribution >= 0.6 is 11.3 Å². The second-order valence-electron chi connectivity index (χ2n) is 16.0. The summed E-state index contributed by atoms with van der Waals surface area (Å²) < 4.78 is 2.75. The Morgan fingerprint density at radius 1 is 0.375 bits per heavy atom. The summed E-state index contributed by atoms with van der Waals surface area (Å²) in [4.78, 5) is 0. The summed E-state index contributed by atoms with van der Waals surface area (Å²) in [5.74, 6) is 0. The van der Waals surface area contributed by atoms with E-state index in [-0.39, 0.29) is 5.41 Å². The first-order valence-corrected chi connectivity index (χ1v) is 20.4. The van der Waals surface area contributed by atoms with Crippen molar-refractivity contribution in [1.82, 2.24) is 0 Å². The summed E-state index contributed by atoms with van der Waals surface area (Å²) in [5.41, 5.74) is 13.1. The van der Waals surface area contributed by atoms with Crippen LogP contribution in [0.3, 0.4) is 0 Å². The molecule has 1 heteroatoms. The summed E-state index contributed by atoms with van der Waals surface area (Å²) in [6, 6.07) is 68.0. The highest BCUT2D eigenvalue weighted by molar-refractivity contribution is 7.26. The van der Waals surface area contributed by atoms with Crippen molar-refractivity contribution in [2.75, 3.05) is 0 Å². The lowest BCUT2D eigenvalue weighted by Gasteiger charge is -2.24. The van der Waals surface area contributed by atoms with E-state index >= 15 is 0 Å². The molecule has 262 valence electrons. The van der Waals surface area contributed by atoms with Gasteiger partial charge in [-0.25, -0.2) is 0 Å². The summed E-state index contributed by atoms with van der Waals surface area (Å²) >= 11 is 1.93. The van der Waals surface area contributed by atoms with Crippen molar-refractivity contribution in [3.8, 4) is 44.5 Å². The zero-order chi connectivity index (χ0) is 37.1. The van der Waals surface area contributed by atoms with Gasteiger partial charge in [-0.15, -0.1) is 11.3 Å². The Hall–Kier alpha value is -6.54. The highest BCUT2D eigenvalue weighted by atomic mass is 32.1. The molecule has 56 heavy (non-hydrogen) atoms. The molecule has 0 radical (unpaired) electrons. The van der Waals surface area contributed by atoms with Crippen LogP contribution in [-0.2, 0) is 5.41 Å². The van der Waals surface area contributed by atoms with Crippen molar-refractivity contribution in [3.05, 3.63) is 193 Å². The zero-order valence-electron chi connectivity index (χ0n) is 31.2. The Morgan fingerprint density at radius 3 is 1.59 bits per heavy atom. The van der Waals surface area contributed by atoms with Crippen molar-refractivity contribution >= 4 is 74.6 Å². The van der Waals surface area contributed by atoms with E-state index in [0.717, 1.165) is 0 Å². The average Bonchev–Trinajstić information content (AvgIpc) is 3.75. The van der Waals surface area contributed by atoms with Gasteiger partial charge in [0.25, 0.3) is 0 Å². The third kappa shape index (κ3) is 4.41. The van der Waals surface area contributed by atoms with Crippen LogP contribution in [-0.4, -0.2) is 0 Å². The Labute approximate surface area is 329 Å². The van der Waals surface area contributed by atoms with Crippen LogP contribution in [0.15, 0.2) is 182 Å². The van der Waals surface area contributed by atoms with Crippen LogP contribution in [0.4, 0.5) is 0 Å². The van der Waals surface area contributed by atoms with E-state index in [1.54, 1.807) is 0 Å². The monoisotopic (exact) mass is 728 g/mol. The van der Waals surface area contributed by atoms with Gasteiger partial charge in [-0.1, -0.05) is 178 Å². The molecule has 1 aromatic heterocycles. The van der Waals surface area contributed by atoms with E-state index in [0.29, 0.717) is 0 Å². The van der Waals surface area contributed by atoms with E-state index < -0.39 is 0 Å². The normalized spacial score (nSPS) is 13.3. The molecule has 0 N–H and O–H groups in total. The van der Waals surface area contributed by atoms with E-state index in [4.69, 9.17) is 0 Å². The van der Waals surface area contributed by atoms with Crippen LogP contribution in [0, 0.1) is 0 Å². The third-order valence-electron chi connectivity index (χ3n) is 12.6. The maximum Gasteiger partial charge on any atom is 0.0440 e. The van der Waals surface area contributed by atoms with Gasteiger partial charge in [-0.3, -0.25) is 0 Å². The smallest absolute Gasteiger partial charge is 0.0440 e. The Balaban J connectivity index is 1.01. The first-order chi connectivity index (χ1) is 27.5. The van der Waals surface area contributed by atoms with Crippen molar-refractivity contribution < 1.29 is 0 Å². The van der Waals surface area contributed by atoms with E-state index in [1.807, 2.05) is 11.3 Å². The molecule has 0 saturated heterocycles. The quantitative estimate of drug-likeness (QED) is 0.159. The van der Waals surface area contributed by atoms with Gasteiger partial charge in [-0.05, 0) is 117 Å². The lowest BCUT2D eigenvalue weighted by molar-refractivity contribution is 0.667. The minimum Gasteiger partial charge on any atom is -0.135 e. The number of rotatable bonds is 3. The molecule has 0 atom stereocenters. The predicted octanol–water partition coefficient (Wildman–Crippen LogP) is 16.0. The van der Waals surface area contributed by atoms with Gasteiger partial charge in [-0.2, -0.15) is 0 Å². The van der Waals surface area contributed by atoms with Crippen molar-refractivity contribution in [2.24, 2.45) is 0 Å². The molecule has 1 heterocycles. The lowest BCUT2D eigenvalue weighted by atomic mass is 9.79. The first-order valence-electron chi connectivity index (χ1n) is 19.6. The average molecular weight is 729 g/mol. The summed E-state index contributed by atoms with van der Waals surface area (Å²) in [6.07, 6.45) is 0. The minimum absolute atomic E-state index is 0.151. The van der Waals surface area contributed by atoms with Gasteiger partial charge >= 0.3 is 0 Å². The van der Waals surface area contributed by atoms with Gasteiger partial charge in [0.2, 0.25) is 0 Å². The van der Waals surface area contributed by atoms with Crippen molar-refractivity contribution in [3.63, 3.8) is 0 Å². The fraction of sp³-hybridized carbons (Fsp3) is 0.0545. The lowest BCUT2D eigenvalue weighted by Crippen LogP contribution is -2.15. The highest BCUT2D eigenvalue weighted by Gasteiger charge is 2.39. The fourth-order valence-corrected chi connectivity index (χ4v) is 11.3. The molecule has 1 aliphatic rings. The Kier molecular flexibility index (Phi) is 6.66. The van der Waals surface area contributed by atoms with Crippen LogP contribution in [0.5, 0.6) is 0 Å². The fourth-order valence-electron chi connectivity index (χ4n) is 10.1. The molecule has 0 spiro atoms. The number of fused-ring (bicyclic) bond motifs is 13. The molecule has 0 bridgehead atoms. The largest absolute Gasteiger partial charge is 0.135 e. The summed E-state index contributed by atoms with van der Waals surface area (Å²) in [6.45, 7) is 4.85. The molecule has 1 aliphatic carbocycles. The number of hydrogen-bond acceptors (Lipinski definition) is 1. The molecule has 0 fully saturated rings. The van der Waals surface area contributed by atoms with Gasteiger partial charge in [0.15, 0.2) is 0 Å². The molecule has 10 aromatic carbocycles. The minimum atomic E-state index is -0.151. The summed E-state index contributed by atoms with van der Waals surface area (Å²) in [7, 11) is 0. The Morgan fingerprint density at radius 2 is 0.893 bits per heavy atom. The predicted molar refractivity (Wildman–Crippen MR) is 243 cm³/mol. The van der Waals surface area contributed by atoms with Gasteiger partial charge in [0.1, 0.15) is 0 Å². The number of thiophene rings is 1. The van der Waals surface area contributed by atoms with Crippen molar-refractivity contribution in [2.45, 2.75) is 19.3 Å². The van der Waals surface area contributed by atoms with Crippen LogP contribution in [0.1, 0.15) is 25.0 Å².